The van der Waals surface area contributed by atoms with Crippen LogP contribution in [0.2, 0.25) is 0 Å². The van der Waals surface area contributed by atoms with Crippen molar-refractivity contribution in [3.05, 3.63) is 84.3 Å². The number of carbonyl (C=O) groups is 1. The Bertz CT molecular complexity index is 1270. The summed E-state index contributed by atoms with van der Waals surface area (Å²) in [6.07, 6.45) is 1.52. The Labute approximate surface area is 177 Å². The quantitative estimate of drug-likeness (QED) is 0.434. The van der Waals surface area contributed by atoms with Crippen molar-refractivity contribution in [1.29, 1.82) is 0 Å². The number of benzene rings is 3. The minimum atomic E-state index is -0.416. The molecule has 1 atom stereocenters. The Hall–Kier alpha value is -3.74. The number of hydrogen-bond acceptors (Lipinski definition) is 3. The fourth-order valence-electron chi connectivity index (χ4n) is 3.98. The smallest absolute Gasteiger partial charge is 0.322 e. The Kier molecular flexibility index (Phi) is 4.86. The molecule has 0 spiro atoms. The highest BCUT2D eigenvalue weighted by atomic mass is 19.1. The van der Waals surface area contributed by atoms with Gasteiger partial charge in [0, 0.05) is 17.8 Å². The summed E-state index contributed by atoms with van der Waals surface area (Å²) in [7, 11) is 0. The van der Waals surface area contributed by atoms with Gasteiger partial charge in [-0.3, -0.25) is 0 Å². The van der Waals surface area contributed by atoms with Crippen LogP contribution in [0.25, 0.3) is 22.2 Å². The molecule has 0 radical (unpaired) electrons. The monoisotopic (exact) mass is 419 g/mol. The average molecular weight is 419 g/mol. The van der Waals surface area contributed by atoms with Crippen molar-refractivity contribution < 1.29 is 18.0 Å². The van der Waals surface area contributed by atoms with E-state index in [1.54, 1.807) is 53.4 Å². The van der Waals surface area contributed by atoms with Crippen molar-refractivity contribution in [1.82, 2.24) is 9.88 Å². The number of likely N-dealkylation sites (tertiary alicyclic amines) is 1. The predicted molar refractivity (Wildman–Crippen MR) is 114 cm³/mol. The van der Waals surface area contributed by atoms with E-state index in [-0.39, 0.29) is 17.9 Å². The second-order valence-electron chi connectivity index (χ2n) is 7.51. The van der Waals surface area contributed by atoms with Gasteiger partial charge in [-0.1, -0.05) is 30.3 Å². The number of urea groups is 1. The summed E-state index contributed by atoms with van der Waals surface area (Å²) in [4.78, 5) is 19.0. The van der Waals surface area contributed by atoms with Crippen molar-refractivity contribution in [2.24, 2.45) is 0 Å². The van der Waals surface area contributed by atoms with E-state index in [2.05, 4.69) is 10.3 Å². The predicted octanol–water partition coefficient (Wildman–Crippen LogP) is 6.14. The van der Waals surface area contributed by atoms with Crippen molar-refractivity contribution >= 4 is 22.8 Å². The standard InChI is InChI=1S/C24H19F2N3O2/c25-16-5-3-6-17(14-16)27-24(30)29-12-4-9-21(29)23-28-20-13-15(10-11-22(20)31-23)18-7-1-2-8-19(18)26/h1-3,5-8,10-11,13-14,21H,4,9,12H2,(H,27,30)/t21-/m0/s1. The molecule has 2 amide bonds. The zero-order valence-electron chi connectivity index (χ0n) is 16.5. The lowest BCUT2D eigenvalue weighted by Gasteiger charge is -2.22. The molecule has 31 heavy (non-hydrogen) atoms. The molecule has 0 bridgehead atoms. The molecule has 1 fully saturated rings. The summed E-state index contributed by atoms with van der Waals surface area (Å²) >= 11 is 0. The number of halogens is 2. The molecule has 0 aliphatic carbocycles. The summed E-state index contributed by atoms with van der Waals surface area (Å²) in [6.45, 7) is 0.547. The van der Waals surface area contributed by atoms with Crippen LogP contribution in [-0.2, 0) is 0 Å². The summed E-state index contributed by atoms with van der Waals surface area (Å²) in [6, 6.07) is 17.0. The van der Waals surface area contributed by atoms with Gasteiger partial charge in [-0.25, -0.2) is 18.6 Å². The highest BCUT2D eigenvalue weighted by Gasteiger charge is 2.33. The first-order chi connectivity index (χ1) is 15.1. The number of fused-ring (bicyclic) bond motifs is 1. The Morgan fingerprint density at radius 1 is 1.06 bits per heavy atom. The molecule has 2 heterocycles. The highest BCUT2D eigenvalue weighted by Crippen LogP contribution is 2.35. The maximum atomic E-state index is 14.2. The molecule has 5 nitrogen and oxygen atoms in total. The van der Waals surface area contributed by atoms with Crippen LogP contribution in [0, 0.1) is 11.6 Å². The topological polar surface area (TPSA) is 58.4 Å². The molecule has 1 saturated heterocycles. The first-order valence-electron chi connectivity index (χ1n) is 10.1. The van der Waals surface area contributed by atoms with E-state index in [1.165, 1.54) is 18.2 Å². The van der Waals surface area contributed by atoms with Crippen molar-refractivity contribution in [3.8, 4) is 11.1 Å². The van der Waals surface area contributed by atoms with Crippen LogP contribution in [0.4, 0.5) is 19.3 Å². The van der Waals surface area contributed by atoms with Crippen LogP contribution in [-0.4, -0.2) is 22.5 Å². The van der Waals surface area contributed by atoms with Gasteiger partial charge in [0.05, 0.1) is 0 Å². The lowest BCUT2D eigenvalue weighted by Crippen LogP contribution is -2.34. The van der Waals surface area contributed by atoms with E-state index >= 15 is 0 Å². The number of oxazole rings is 1. The molecule has 156 valence electrons. The van der Waals surface area contributed by atoms with Gasteiger partial charge >= 0.3 is 6.03 Å². The molecule has 0 unspecified atom stereocenters. The van der Waals surface area contributed by atoms with Gasteiger partial charge in [-0.2, -0.15) is 0 Å². The zero-order chi connectivity index (χ0) is 21.4. The van der Waals surface area contributed by atoms with E-state index in [4.69, 9.17) is 4.42 Å². The summed E-state index contributed by atoms with van der Waals surface area (Å²) in [5.41, 5.74) is 2.77. The molecule has 7 heteroatoms. The van der Waals surface area contributed by atoms with Crippen LogP contribution < -0.4 is 5.32 Å². The molecule has 0 saturated carbocycles. The number of rotatable bonds is 3. The molecule has 5 rings (SSSR count). The van der Waals surface area contributed by atoms with E-state index in [0.717, 1.165) is 6.42 Å². The SMILES string of the molecule is O=C(Nc1cccc(F)c1)N1CCC[C@H]1c1nc2cc(-c3ccccc3F)ccc2o1. The number of anilines is 1. The number of hydrogen-bond donors (Lipinski definition) is 1. The van der Waals surface area contributed by atoms with Crippen LogP contribution in [0.1, 0.15) is 24.8 Å². The minimum absolute atomic E-state index is 0.304. The maximum absolute atomic E-state index is 14.2. The fraction of sp³-hybridized carbons (Fsp3) is 0.167. The molecule has 1 aliphatic heterocycles. The molecule has 4 aromatic rings. The Morgan fingerprint density at radius 2 is 1.94 bits per heavy atom. The summed E-state index contributed by atoms with van der Waals surface area (Å²) in [5.74, 6) is -0.283. The summed E-state index contributed by atoms with van der Waals surface area (Å²) in [5, 5.41) is 2.73. The second-order valence-corrected chi connectivity index (χ2v) is 7.51. The third kappa shape index (κ3) is 3.74. The number of nitrogens with one attached hydrogen (secondary N) is 1. The molecule has 1 aromatic heterocycles. The van der Waals surface area contributed by atoms with E-state index < -0.39 is 5.82 Å². The van der Waals surface area contributed by atoms with Gasteiger partial charge in [0.1, 0.15) is 23.2 Å². The highest BCUT2D eigenvalue weighted by molar-refractivity contribution is 5.90. The average Bonchev–Trinajstić information content (AvgIpc) is 3.40. The fourth-order valence-corrected chi connectivity index (χ4v) is 3.98. The van der Waals surface area contributed by atoms with Crippen LogP contribution in [0.15, 0.2) is 71.1 Å². The van der Waals surface area contributed by atoms with Gasteiger partial charge in [0.2, 0.25) is 5.89 Å². The van der Waals surface area contributed by atoms with Crippen LogP contribution >= 0.6 is 0 Å². The van der Waals surface area contributed by atoms with Crippen LogP contribution in [0.5, 0.6) is 0 Å². The number of amides is 2. The second kappa shape index (κ2) is 7.83. The lowest BCUT2D eigenvalue weighted by atomic mass is 10.0. The maximum Gasteiger partial charge on any atom is 0.322 e. The van der Waals surface area contributed by atoms with Crippen LogP contribution in [0.3, 0.4) is 0 Å². The number of aromatic nitrogens is 1. The molecular weight excluding hydrogens is 400 g/mol. The Morgan fingerprint density at radius 3 is 2.77 bits per heavy atom. The minimum Gasteiger partial charge on any atom is -0.438 e. The molecule has 1 N–H and O–H groups in total. The third-order valence-electron chi connectivity index (χ3n) is 5.46. The van der Waals surface area contributed by atoms with Crippen molar-refractivity contribution in [3.63, 3.8) is 0 Å². The van der Waals surface area contributed by atoms with Gasteiger partial charge in [-0.05, 0) is 54.8 Å². The molecular formula is C24H19F2N3O2. The zero-order valence-corrected chi connectivity index (χ0v) is 16.5. The van der Waals surface area contributed by atoms with Crippen molar-refractivity contribution in [2.75, 3.05) is 11.9 Å². The molecule has 3 aromatic carbocycles. The van der Waals surface area contributed by atoms with Gasteiger partial charge in [0.25, 0.3) is 0 Å². The normalized spacial score (nSPS) is 16.1. The van der Waals surface area contributed by atoms with Gasteiger partial charge < -0.3 is 14.6 Å². The Balaban J connectivity index is 1.41. The number of nitrogens with zero attached hydrogens (tertiary/aromatic N) is 2. The number of carbonyl (C=O) groups excluding carboxylic acids is 1. The first-order valence-corrected chi connectivity index (χ1v) is 10.1. The largest absolute Gasteiger partial charge is 0.438 e. The van der Waals surface area contributed by atoms with Gasteiger partial charge in [0.15, 0.2) is 5.58 Å². The van der Waals surface area contributed by atoms with Crippen molar-refractivity contribution in [2.45, 2.75) is 18.9 Å². The van der Waals surface area contributed by atoms with E-state index in [9.17, 15) is 13.6 Å². The van der Waals surface area contributed by atoms with E-state index in [1.807, 2.05) is 0 Å². The summed E-state index contributed by atoms with van der Waals surface area (Å²) < 4.78 is 33.5. The molecule has 1 aliphatic rings. The van der Waals surface area contributed by atoms with E-state index in [0.29, 0.717) is 46.8 Å². The third-order valence-corrected chi connectivity index (χ3v) is 5.46. The van der Waals surface area contributed by atoms with Gasteiger partial charge in [-0.15, -0.1) is 0 Å². The lowest BCUT2D eigenvalue weighted by molar-refractivity contribution is 0.199. The first kappa shape index (κ1) is 19.2.